The van der Waals surface area contributed by atoms with Crippen LogP contribution in [0.3, 0.4) is 0 Å². The van der Waals surface area contributed by atoms with Crippen LogP contribution in [0.4, 0.5) is 24.8 Å². The van der Waals surface area contributed by atoms with Crippen LogP contribution in [0, 0.1) is 0 Å². The first kappa shape index (κ1) is 15.3. The van der Waals surface area contributed by atoms with Crippen molar-refractivity contribution in [2.75, 3.05) is 5.32 Å². The molecule has 5 nitrogen and oxygen atoms in total. The molecule has 0 aromatic carbocycles. The van der Waals surface area contributed by atoms with Gasteiger partial charge in [0, 0.05) is 24.7 Å². The first-order chi connectivity index (χ1) is 10.9. The van der Waals surface area contributed by atoms with Crippen LogP contribution < -0.4 is 5.32 Å². The molecule has 3 rings (SSSR count). The minimum atomic E-state index is -4.41. The quantitative estimate of drug-likeness (QED) is 0.781. The molecular weight excluding hydrogens is 331 g/mol. The van der Waals surface area contributed by atoms with Gasteiger partial charge in [0.25, 0.3) is 0 Å². The molecule has 0 saturated carbocycles. The molecule has 0 fully saturated rings. The van der Waals surface area contributed by atoms with Gasteiger partial charge in [0.2, 0.25) is 0 Å². The molecule has 0 unspecified atom stereocenters. The van der Waals surface area contributed by atoms with Gasteiger partial charge >= 0.3 is 6.18 Å². The molecule has 0 aliphatic carbocycles. The molecular formula is C14H9ClF3N5. The third kappa shape index (κ3) is 3.42. The summed E-state index contributed by atoms with van der Waals surface area (Å²) in [7, 11) is 0. The minimum absolute atomic E-state index is 0.246. The second kappa shape index (κ2) is 5.88. The van der Waals surface area contributed by atoms with E-state index >= 15 is 0 Å². The van der Waals surface area contributed by atoms with Crippen molar-refractivity contribution in [1.29, 1.82) is 0 Å². The number of halogens is 4. The molecule has 0 radical (unpaired) electrons. The fourth-order valence-electron chi connectivity index (χ4n) is 1.82. The highest BCUT2D eigenvalue weighted by atomic mass is 35.5. The van der Waals surface area contributed by atoms with Gasteiger partial charge in [-0.3, -0.25) is 0 Å². The van der Waals surface area contributed by atoms with Crippen molar-refractivity contribution in [1.82, 2.24) is 19.7 Å². The molecule has 9 heteroatoms. The molecule has 1 N–H and O–H groups in total. The lowest BCUT2D eigenvalue weighted by atomic mass is 10.3. The zero-order valence-corrected chi connectivity index (χ0v) is 12.2. The second-order valence-electron chi connectivity index (χ2n) is 4.51. The van der Waals surface area contributed by atoms with Gasteiger partial charge in [0.1, 0.15) is 5.82 Å². The Morgan fingerprint density at radius 3 is 2.52 bits per heavy atom. The Morgan fingerprint density at radius 2 is 1.87 bits per heavy atom. The van der Waals surface area contributed by atoms with Crippen molar-refractivity contribution < 1.29 is 13.2 Å². The molecule has 118 valence electrons. The van der Waals surface area contributed by atoms with E-state index in [4.69, 9.17) is 11.6 Å². The SMILES string of the molecule is FC(F)(F)c1ccc(Nc2ccn(-c3ncccc3Cl)n2)nc1. The summed E-state index contributed by atoms with van der Waals surface area (Å²) in [5, 5.41) is 7.44. The van der Waals surface area contributed by atoms with Crippen molar-refractivity contribution in [3.63, 3.8) is 0 Å². The van der Waals surface area contributed by atoms with E-state index in [9.17, 15) is 13.2 Å². The van der Waals surface area contributed by atoms with Crippen molar-refractivity contribution in [2.45, 2.75) is 6.18 Å². The number of nitrogens with zero attached hydrogens (tertiary/aromatic N) is 4. The Labute approximate surface area is 133 Å². The first-order valence-electron chi connectivity index (χ1n) is 6.40. The molecule has 0 amide bonds. The molecule has 23 heavy (non-hydrogen) atoms. The first-order valence-corrected chi connectivity index (χ1v) is 6.78. The van der Waals surface area contributed by atoms with Crippen molar-refractivity contribution >= 4 is 23.2 Å². The molecule has 0 bridgehead atoms. The van der Waals surface area contributed by atoms with Crippen molar-refractivity contribution in [2.24, 2.45) is 0 Å². The van der Waals surface area contributed by atoms with E-state index in [0.717, 1.165) is 12.3 Å². The van der Waals surface area contributed by atoms with E-state index in [1.165, 1.54) is 10.7 Å². The highest BCUT2D eigenvalue weighted by molar-refractivity contribution is 6.32. The molecule has 0 aliphatic heterocycles. The minimum Gasteiger partial charge on any atom is -0.323 e. The number of hydrogen-bond acceptors (Lipinski definition) is 4. The molecule has 3 aromatic heterocycles. The lowest BCUT2D eigenvalue weighted by Crippen LogP contribution is -2.06. The maximum atomic E-state index is 12.5. The van der Waals surface area contributed by atoms with Crippen LogP contribution >= 0.6 is 11.6 Å². The van der Waals surface area contributed by atoms with Crippen LogP contribution in [-0.4, -0.2) is 19.7 Å². The van der Waals surface area contributed by atoms with Crippen molar-refractivity contribution in [3.8, 4) is 5.82 Å². The summed E-state index contributed by atoms with van der Waals surface area (Å²) >= 11 is 6.03. The summed E-state index contributed by atoms with van der Waals surface area (Å²) < 4.78 is 38.9. The lowest BCUT2D eigenvalue weighted by Gasteiger charge is -2.07. The van der Waals surface area contributed by atoms with E-state index in [2.05, 4.69) is 20.4 Å². The van der Waals surface area contributed by atoms with Gasteiger partial charge in [0.05, 0.1) is 10.6 Å². The van der Waals surface area contributed by atoms with Crippen LogP contribution in [0.2, 0.25) is 5.02 Å². The fraction of sp³-hybridized carbons (Fsp3) is 0.0714. The number of nitrogens with one attached hydrogen (secondary N) is 1. The van der Waals surface area contributed by atoms with Gasteiger partial charge in [-0.25, -0.2) is 14.6 Å². The molecule has 3 aromatic rings. The standard InChI is InChI=1S/C14H9ClF3N5/c15-10-2-1-6-19-13(10)23-7-5-12(22-23)21-11-4-3-9(8-20-11)14(16,17)18/h1-8H,(H,20,21,22). The molecule has 0 saturated heterocycles. The van der Waals surface area contributed by atoms with E-state index in [1.807, 2.05) is 0 Å². The number of pyridine rings is 2. The number of rotatable bonds is 3. The average molecular weight is 340 g/mol. The number of anilines is 2. The molecule has 3 heterocycles. The van der Waals surface area contributed by atoms with Gasteiger partial charge in [-0.05, 0) is 24.3 Å². The Balaban J connectivity index is 1.78. The summed E-state index contributed by atoms with van der Waals surface area (Å²) in [4.78, 5) is 7.83. The Bertz CT molecular complexity index is 814. The van der Waals surface area contributed by atoms with Gasteiger partial charge < -0.3 is 5.32 Å². The molecule has 0 aliphatic rings. The highest BCUT2D eigenvalue weighted by Crippen LogP contribution is 2.29. The monoisotopic (exact) mass is 339 g/mol. The normalized spacial score (nSPS) is 11.5. The third-order valence-corrected chi connectivity index (χ3v) is 3.19. The maximum absolute atomic E-state index is 12.5. The van der Waals surface area contributed by atoms with Crippen LogP contribution in [0.5, 0.6) is 0 Å². The number of aromatic nitrogens is 4. The summed E-state index contributed by atoms with van der Waals surface area (Å²) in [6, 6.07) is 7.18. The fourth-order valence-corrected chi connectivity index (χ4v) is 2.03. The topological polar surface area (TPSA) is 55.6 Å². The van der Waals surface area contributed by atoms with E-state index < -0.39 is 11.7 Å². The summed E-state index contributed by atoms with van der Waals surface area (Å²) in [5.74, 6) is 1.09. The van der Waals surface area contributed by atoms with Gasteiger partial charge in [-0.1, -0.05) is 11.6 Å². The summed E-state index contributed by atoms with van der Waals surface area (Å²) in [6.45, 7) is 0. The van der Waals surface area contributed by atoms with Gasteiger partial charge in [-0.15, -0.1) is 5.10 Å². The van der Waals surface area contributed by atoms with E-state index in [-0.39, 0.29) is 5.82 Å². The Kier molecular flexibility index (Phi) is 3.91. The number of hydrogen-bond donors (Lipinski definition) is 1. The maximum Gasteiger partial charge on any atom is 0.417 e. The predicted molar refractivity (Wildman–Crippen MR) is 78.9 cm³/mol. The van der Waals surface area contributed by atoms with Crippen LogP contribution in [0.25, 0.3) is 5.82 Å². The van der Waals surface area contributed by atoms with Gasteiger partial charge in [0.15, 0.2) is 11.6 Å². The second-order valence-corrected chi connectivity index (χ2v) is 4.92. The van der Waals surface area contributed by atoms with Crippen LogP contribution in [0.1, 0.15) is 5.56 Å². The predicted octanol–water partition coefficient (Wildman–Crippen LogP) is 4.08. The summed E-state index contributed by atoms with van der Waals surface area (Å²) in [5.41, 5.74) is -0.811. The summed E-state index contributed by atoms with van der Waals surface area (Å²) in [6.07, 6.45) is -0.453. The molecule has 0 spiro atoms. The number of alkyl halides is 3. The molecule has 0 atom stereocenters. The lowest BCUT2D eigenvalue weighted by molar-refractivity contribution is -0.137. The third-order valence-electron chi connectivity index (χ3n) is 2.89. The zero-order valence-electron chi connectivity index (χ0n) is 11.4. The smallest absolute Gasteiger partial charge is 0.323 e. The average Bonchev–Trinajstić information content (AvgIpc) is 2.95. The van der Waals surface area contributed by atoms with Gasteiger partial charge in [-0.2, -0.15) is 13.2 Å². The Morgan fingerprint density at radius 1 is 1.04 bits per heavy atom. The Hall–Kier alpha value is -2.61. The zero-order chi connectivity index (χ0) is 16.4. The van der Waals surface area contributed by atoms with Crippen LogP contribution in [0.15, 0.2) is 48.9 Å². The van der Waals surface area contributed by atoms with Crippen LogP contribution in [-0.2, 0) is 6.18 Å². The van der Waals surface area contributed by atoms with E-state index in [1.54, 1.807) is 30.6 Å². The van der Waals surface area contributed by atoms with Crippen molar-refractivity contribution in [3.05, 3.63) is 59.5 Å². The van der Waals surface area contributed by atoms with E-state index in [0.29, 0.717) is 16.7 Å². The highest BCUT2D eigenvalue weighted by Gasteiger charge is 2.30. The largest absolute Gasteiger partial charge is 0.417 e.